The molecule has 0 saturated carbocycles. The minimum absolute atomic E-state index is 0.247. The minimum atomic E-state index is -0.348. The van der Waals surface area contributed by atoms with Crippen molar-refractivity contribution < 1.29 is 4.79 Å². The van der Waals surface area contributed by atoms with E-state index in [1.807, 2.05) is 53.9 Å². The molecule has 1 aliphatic rings. The summed E-state index contributed by atoms with van der Waals surface area (Å²) in [4.78, 5) is 34.5. The van der Waals surface area contributed by atoms with E-state index in [9.17, 15) is 9.59 Å². The topological polar surface area (TPSA) is 67.6 Å². The molecule has 2 aromatic carbocycles. The molecule has 162 valence electrons. The van der Waals surface area contributed by atoms with Gasteiger partial charge in [0.15, 0.2) is 5.82 Å². The van der Waals surface area contributed by atoms with Crippen molar-refractivity contribution in [1.29, 1.82) is 0 Å². The number of nitrogens with zero attached hydrogens (tertiary/aromatic N) is 4. The van der Waals surface area contributed by atoms with E-state index >= 15 is 0 Å². The summed E-state index contributed by atoms with van der Waals surface area (Å²) in [5.74, 6) is 0.259. The van der Waals surface area contributed by atoms with Crippen LogP contribution in [0.15, 0.2) is 69.2 Å². The molecule has 4 heterocycles. The first-order valence-electron chi connectivity index (χ1n) is 9.84. The Hall–Kier alpha value is -2.85. The number of rotatable bonds is 3. The maximum atomic E-state index is 13.6. The number of halogens is 2. The highest BCUT2D eigenvalue weighted by Crippen LogP contribution is 2.38. The van der Waals surface area contributed by atoms with Crippen molar-refractivity contribution >= 4 is 72.3 Å². The van der Waals surface area contributed by atoms with Gasteiger partial charge in [-0.2, -0.15) is 9.50 Å². The van der Waals surface area contributed by atoms with Gasteiger partial charge in [0.2, 0.25) is 4.96 Å². The van der Waals surface area contributed by atoms with Gasteiger partial charge in [0.05, 0.1) is 22.7 Å². The number of carbonyl (C=O) groups excluding carboxylic acids is 1. The Bertz CT molecular complexity index is 1680. The molecule has 0 atom stereocenters. The van der Waals surface area contributed by atoms with Crippen LogP contribution in [0.25, 0.3) is 21.2 Å². The molecule has 0 aliphatic carbocycles. The van der Waals surface area contributed by atoms with Gasteiger partial charge in [0, 0.05) is 15.1 Å². The second-order valence-electron chi connectivity index (χ2n) is 7.36. The Kier molecular flexibility index (Phi) is 4.95. The Morgan fingerprint density at radius 2 is 1.91 bits per heavy atom. The number of anilines is 1. The standard InChI is InChI=1S/C23H12BrClN4O2S2/c24-13-7-8-16-14(10-13)18(21(30)28(16)11-12-4-1-2-5-15(12)25)19-22(31)29-23(33-19)26-20(27-29)17-6-3-9-32-17/h1-10H,11H2/b19-18-. The van der Waals surface area contributed by atoms with Crippen molar-refractivity contribution in [2.24, 2.45) is 0 Å². The smallest absolute Gasteiger partial charge is 0.291 e. The van der Waals surface area contributed by atoms with Gasteiger partial charge < -0.3 is 4.90 Å². The molecule has 5 aromatic rings. The lowest BCUT2D eigenvalue weighted by Crippen LogP contribution is -2.32. The van der Waals surface area contributed by atoms with E-state index in [1.165, 1.54) is 27.2 Å². The summed E-state index contributed by atoms with van der Waals surface area (Å²) >= 11 is 12.5. The van der Waals surface area contributed by atoms with Crippen LogP contribution in [-0.2, 0) is 11.3 Å². The fourth-order valence-electron chi connectivity index (χ4n) is 3.87. The molecule has 1 amide bonds. The predicted octanol–water partition coefficient (Wildman–Crippen LogP) is 4.76. The van der Waals surface area contributed by atoms with Gasteiger partial charge >= 0.3 is 0 Å². The summed E-state index contributed by atoms with van der Waals surface area (Å²) in [6.45, 7) is 0.300. The monoisotopic (exact) mass is 554 g/mol. The second kappa shape index (κ2) is 7.88. The highest BCUT2D eigenvalue weighted by molar-refractivity contribution is 9.10. The van der Waals surface area contributed by atoms with E-state index in [4.69, 9.17) is 11.6 Å². The van der Waals surface area contributed by atoms with Crippen molar-refractivity contribution in [2.75, 3.05) is 4.90 Å². The van der Waals surface area contributed by atoms with Gasteiger partial charge in [-0.3, -0.25) is 9.59 Å². The molecule has 0 radical (unpaired) electrons. The summed E-state index contributed by atoms with van der Waals surface area (Å²) in [5, 5.41) is 6.91. The first-order chi connectivity index (χ1) is 16.0. The van der Waals surface area contributed by atoms with E-state index in [1.54, 1.807) is 11.0 Å². The van der Waals surface area contributed by atoms with Crippen LogP contribution in [0.2, 0.25) is 5.02 Å². The van der Waals surface area contributed by atoms with Crippen LogP contribution in [0, 0.1) is 0 Å². The van der Waals surface area contributed by atoms with Crippen LogP contribution >= 0.6 is 50.2 Å². The van der Waals surface area contributed by atoms with E-state index in [-0.39, 0.29) is 11.5 Å². The van der Waals surface area contributed by atoms with Crippen molar-refractivity contribution in [3.05, 3.63) is 95.5 Å². The molecule has 33 heavy (non-hydrogen) atoms. The maximum absolute atomic E-state index is 13.6. The van der Waals surface area contributed by atoms with Crippen LogP contribution in [0.3, 0.4) is 0 Å². The fourth-order valence-corrected chi connectivity index (χ4v) is 6.08. The molecule has 1 aliphatic heterocycles. The van der Waals surface area contributed by atoms with Crippen molar-refractivity contribution in [3.8, 4) is 10.7 Å². The number of thiazole rings is 1. The van der Waals surface area contributed by atoms with E-state index in [0.29, 0.717) is 38.0 Å². The van der Waals surface area contributed by atoms with Crippen LogP contribution in [-0.4, -0.2) is 20.5 Å². The third kappa shape index (κ3) is 3.34. The molecule has 0 fully saturated rings. The number of benzene rings is 2. The summed E-state index contributed by atoms with van der Waals surface area (Å²) in [5.41, 5.74) is 2.27. The van der Waals surface area contributed by atoms with E-state index in [0.717, 1.165) is 20.6 Å². The lowest BCUT2D eigenvalue weighted by Gasteiger charge is -2.18. The number of fused-ring (bicyclic) bond motifs is 2. The molecule has 10 heteroatoms. The van der Waals surface area contributed by atoms with E-state index < -0.39 is 0 Å². The molecule has 0 bridgehead atoms. The Morgan fingerprint density at radius 3 is 2.67 bits per heavy atom. The third-order valence-electron chi connectivity index (χ3n) is 5.39. The lowest BCUT2D eigenvalue weighted by atomic mass is 10.1. The average Bonchev–Trinajstić information content (AvgIpc) is 3.56. The number of aromatic nitrogens is 3. The summed E-state index contributed by atoms with van der Waals surface area (Å²) in [7, 11) is 0. The highest BCUT2D eigenvalue weighted by atomic mass is 79.9. The Labute approximate surface area is 208 Å². The molecular formula is C23H12BrClN4O2S2. The first kappa shape index (κ1) is 20.7. The first-order valence-corrected chi connectivity index (χ1v) is 12.7. The normalized spacial score (nSPS) is 15.0. The number of thiophene rings is 1. The molecule has 3 aromatic heterocycles. The maximum Gasteiger partial charge on any atom is 0.291 e. The number of carbonyl (C=O) groups is 1. The Morgan fingerprint density at radius 1 is 1.06 bits per heavy atom. The number of hydrogen-bond acceptors (Lipinski definition) is 6. The van der Waals surface area contributed by atoms with Gasteiger partial charge in [0.25, 0.3) is 11.5 Å². The zero-order valence-electron chi connectivity index (χ0n) is 16.7. The van der Waals surface area contributed by atoms with Gasteiger partial charge in [-0.15, -0.1) is 16.4 Å². The molecule has 0 saturated heterocycles. The van der Waals surface area contributed by atoms with Gasteiger partial charge in [-0.05, 0) is 41.3 Å². The quantitative estimate of drug-likeness (QED) is 0.322. The van der Waals surface area contributed by atoms with Crippen molar-refractivity contribution in [3.63, 3.8) is 0 Å². The molecule has 0 N–H and O–H groups in total. The fraction of sp³-hybridized carbons (Fsp3) is 0.0435. The summed E-state index contributed by atoms with van der Waals surface area (Å²) < 4.78 is 2.43. The highest BCUT2D eigenvalue weighted by Gasteiger charge is 2.35. The summed E-state index contributed by atoms with van der Waals surface area (Å²) in [6.07, 6.45) is 0. The summed E-state index contributed by atoms with van der Waals surface area (Å²) in [6, 6.07) is 16.9. The van der Waals surface area contributed by atoms with Crippen LogP contribution in [0.4, 0.5) is 5.69 Å². The zero-order chi connectivity index (χ0) is 22.7. The van der Waals surface area contributed by atoms with Crippen LogP contribution in [0.1, 0.15) is 11.1 Å². The molecule has 6 nitrogen and oxygen atoms in total. The van der Waals surface area contributed by atoms with Crippen LogP contribution < -0.4 is 15.0 Å². The molecular weight excluding hydrogens is 544 g/mol. The number of amides is 1. The van der Waals surface area contributed by atoms with Gasteiger partial charge in [-0.25, -0.2) is 0 Å². The minimum Gasteiger partial charge on any atom is -0.303 e. The zero-order valence-corrected chi connectivity index (χ0v) is 20.6. The number of hydrogen-bond donors (Lipinski definition) is 0. The largest absolute Gasteiger partial charge is 0.303 e. The SMILES string of the molecule is O=C1/C(=c2\sc3nc(-c4cccs4)nn3c2=O)c2cc(Br)ccc2N1Cc1ccccc1Cl. The Balaban J connectivity index is 1.54. The van der Waals surface area contributed by atoms with Crippen LogP contribution in [0.5, 0.6) is 0 Å². The van der Waals surface area contributed by atoms with Gasteiger partial charge in [0.1, 0.15) is 4.53 Å². The second-order valence-corrected chi connectivity index (χ2v) is 10.6. The van der Waals surface area contributed by atoms with Gasteiger partial charge in [-0.1, -0.05) is 63.1 Å². The molecule has 6 rings (SSSR count). The van der Waals surface area contributed by atoms with Crippen molar-refractivity contribution in [1.82, 2.24) is 14.6 Å². The van der Waals surface area contributed by atoms with E-state index in [2.05, 4.69) is 26.0 Å². The molecule has 0 spiro atoms. The predicted molar refractivity (Wildman–Crippen MR) is 135 cm³/mol. The third-order valence-corrected chi connectivity index (χ3v) is 8.15. The average molecular weight is 556 g/mol. The lowest BCUT2D eigenvalue weighted by molar-refractivity contribution is -0.113. The van der Waals surface area contributed by atoms with Crippen molar-refractivity contribution in [2.45, 2.75) is 6.54 Å². The molecule has 0 unspecified atom stereocenters.